The molecule has 0 saturated heterocycles. The van der Waals surface area contributed by atoms with Crippen LogP contribution >= 0.6 is 11.5 Å². The molecule has 0 radical (unpaired) electrons. The van der Waals surface area contributed by atoms with Crippen LogP contribution in [-0.4, -0.2) is 27.9 Å². The maximum Gasteiger partial charge on any atom is 0.244 e. The van der Waals surface area contributed by atoms with Crippen molar-refractivity contribution < 1.29 is 4.79 Å². The molecule has 1 aromatic heterocycles. The molecule has 0 spiro atoms. The quantitative estimate of drug-likeness (QED) is 0.744. The molecule has 1 rings (SSSR count). The molecule has 13 heavy (non-hydrogen) atoms. The van der Waals surface area contributed by atoms with Gasteiger partial charge in [-0.15, -0.1) is 0 Å². The molecule has 6 heteroatoms. The highest BCUT2D eigenvalue weighted by molar-refractivity contribution is 7.09. The first-order chi connectivity index (χ1) is 6.06. The van der Waals surface area contributed by atoms with E-state index in [1.54, 1.807) is 20.9 Å². The van der Waals surface area contributed by atoms with Crippen molar-refractivity contribution >= 4 is 22.6 Å². The number of carbonyl (C=O) groups excluding carboxylic acids is 1. The van der Waals surface area contributed by atoms with Gasteiger partial charge in [0.25, 0.3) is 0 Å². The summed E-state index contributed by atoms with van der Waals surface area (Å²) in [7, 11) is 1.60. The smallest absolute Gasteiger partial charge is 0.244 e. The Morgan fingerprint density at radius 2 is 2.31 bits per heavy atom. The van der Waals surface area contributed by atoms with Gasteiger partial charge in [-0.2, -0.15) is 4.37 Å². The highest BCUT2D eigenvalue weighted by Crippen LogP contribution is 2.15. The average Bonchev–Trinajstić information content (AvgIpc) is 2.54. The number of nitrogens with one attached hydrogen (secondary N) is 2. The molecular formula is C7H12N4OS. The van der Waals surface area contributed by atoms with E-state index in [4.69, 9.17) is 0 Å². The van der Waals surface area contributed by atoms with Gasteiger partial charge in [-0.3, -0.25) is 4.79 Å². The first-order valence-electron chi connectivity index (χ1n) is 3.83. The largest absolute Gasteiger partial charge is 0.357 e. The van der Waals surface area contributed by atoms with Crippen LogP contribution in [0, 0.1) is 0 Å². The second-order valence-electron chi connectivity index (χ2n) is 3.08. The van der Waals surface area contributed by atoms with Gasteiger partial charge < -0.3 is 10.6 Å². The van der Waals surface area contributed by atoms with E-state index < -0.39 is 5.54 Å². The van der Waals surface area contributed by atoms with Crippen molar-refractivity contribution in [2.24, 2.45) is 0 Å². The summed E-state index contributed by atoms with van der Waals surface area (Å²) in [5, 5.41) is 6.20. The lowest BCUT2D eigenvalue weighted by atomic mass is 10.1. The van der Waals surface area contributed by atoms with E-state index in [1.165, 1.54) is 17.9 Å². The summed E-state index contributed by atoms with van der Waals surface area (Å²) < 4.78 is 3.83. The molecule has 2 N–H and O–H groups in total. The van der Waals surface area contributed by atoms with Gasteiger partial charge >= 0.3 is 0 Å². The van der Waals surface area contributed by atoms with Crippen molar-refractivity contribution in [2.45, 2.75) is 19.4 Å². The minimum Gasteiger partial charge on any atom is -0.357 e. The average molecular weight is 200 g/mol. The summed E-state index contributed by atoms with van der Waals surface area (Å²) in [6.45, 7) is 3.57. The molecule has 0 aliphatic carbocycles. The molecule has 1 amide bonds. The van der Waals surface area contributed by atoms with Gasteiger partial charge in [0.1, 0.15) is 11.9 Å². The number of hydrogen-bond donors (Lipinski definition) is 2. The molecule has 72 valence electrons. The number of aromatic nitrogens is 2. The Hall–Kier alpha value is -1.17. The van der Waals surface area contributed by atoms with E-state index >= 15 is 0 Å². The van der Waals surface area contributed by atoms with Gasteiger partial charge in [-0.25, -0.2) is 4.98 Å². The SMILES string of the molecule is CNC(=O)C(C)(C)Nc1ncns1. The summed E-state index contributed by atoms with van der Waals surface area (Å²) >= 11 is 1.23. The summed E-state index contributed by atoms with van der Waals surface area (Å²) in [6, 6.07) is 0. The number of amides is 1. The van der Waals surface area contributed by atoms with Crippen LogP contribution < -0.4 is 10.6 Å². The van der Waals surface area contributed by atoms with Crippen LogP contribution in [0.3, 0.4) is 0 Å². The molecule has 1 heterocycles. The molecule has 5 nitrogen and oxygen atoms in total. The van der Waals surface area contributed by atoms with E-state index in [-0.39, 0.29) is 5.91 Å². The minimum atomic E-state index is -0.658. The van der Waals surface area contributed by atoms with Crippen LogP contribution in [0.15, 0.2) is 6.33 Å². The Bertz CT molecular complexity index is 283. The van der Waals surface area contributed by atoms with E-state index in [1.807, 2.05) is 0 Å². The number of nitrogens with zero attached hydrogens (tertiary/aromatic N) is 2. The molecule has 0 fully saturated rings. The van der Waals surface area contributed by atoms with Crippen molar-refractivity contribution in [1.82, 2.24) is 14.7 Å². The highest BCUT2D eigenvalue weighted by Gasteiger charge is 2.26. The van der Waals surface area contributed by atoms with E-state index in [0.717, 1.165) is 0 Å². The maximum absolute atomic E-state index is 11.3. The van der Waals surface area contributed by atoms with Gasteiger partial charge in [0.05, 0.1) is 0 Å². The lowest BCUT2D eigenvalue weighted by Gasteiger charge is -2.23. The van der Waals surface area contributed by atoms with Gasteiger partial charge in [-0.1, -0.05) is 0 Å². The predicted octanol–water partition coefficient (Wildman–Crippen LogP) is 0.475. The Balaban J connectivity index is 2.67. The molecule has 0 aromatic carbocycles. The molecular weight excluding hydrogens is 188 g/mol. The molecule has 0 unspecified atom stereocenters. The van der Waals surface area contributed by atoms with Crippen molar-refractivity contribution in [3.05, 3.63) is 6.33 Å². The fourth-order valence-electron chi connectivity index (χ4n) is 0.865. The molecule has 1 aromatic rings. The third-order valence-corrected chi connectivity index (χ3v) is 2.16. The predicted molar refractivity (Wildman–Crippen MR) is 51.7 cm³/mol. The minimum absolute atomic E-state index is 0.0808. The fraction of sp³-hybridized carbons (Fsp3) is 0.571. The van der Waals surface area contributed by atoms with E-state index in [9.17, 15) is 4.79 Å². The first kappa shape index (κ1) is 9.91. The Labute approximate surface area is 80.7 Å². The van der Waals surface area contributed by atoms with Gasteiger partial charge in [0.15, 0.2) is 0 Å². The van der Waals surface area contributed by atoms with Crippen LogP contribution in [0.25, 0.3) is 0 Å². The van der Waals surface area contributed by atoms with Crippen molar-refractivity contribution in [3.8, 4) is 0 Å². The van der Waals surface area contributed by atoms with Gasteiger partial charge in [0, 0.05) is 18.6 Å². The fourth-order valence-corrected chi connectivity index (χ4v) is 1.45. The number of carbonyl (C=O) groups is 1. The molecule has 0 atom stereocenters. The number of anilines is 1. The Morgan fingerprint density at radius 3 is 2.77 bits per heavy atom. The lowest BCUT2D eigenvalue weighted by molar-refractivity contribution is -0.123. The van der Waals surface area contributed by atoms with Gasteiger partial charge in [0.2, 0.25) is 11.0 Å². The topological polar surface area (TPSA) is 66.9 Å². The first-order valence-corrected chi connectivity index (χ1v) is 4.60. The normalized spacial score (nSPS) is 11.0. The summed E-state index contributed by atoms with van der Waals surface area (Å²) in [5.74, 6) is -0.0808. The zero-order chi connectivity index (χ0) is 9.90. The Morgan fingerprint density at radius 1 is 1.62 bits per heavy atom. The zero-order valence-electron chi connectivity index (χ0n) is 7.79. The lowest BCUT2D eigenvalue weighted by Crippen LogP contribution is -2.46. The van der Waals surface area contributed by atoms with Crippen molar-refractivity contribution in [2.75, 3.05) is 12.4 Å². The standard InChI is InChI=1S/C7H12N4OS/c1-7(2,5(12)8-3)11-6-9-4-10-13-6/h4H,1-3H3,(H,8,12)(H,9,10,11). The van der Waals surface area contributed by atoms with Crippen LogP contribution in [0.2, 0.25) is 0 Å². The van der Waals surface area contributed by atoms with Crippen molar-refractivity contribution in [1.29, 1.82) is 0 Å². The molecule has 0 bridgehead atoms. The third kappa shape index (κ3) is 2.38. The van der Waals surface area contributed by atoms with Gasteiger partial charge in [-0.05, 0) is 13.8 Å². The maximum atomic E-state index is 11.3. The van der Waals surface area contributed by atoms with Crippen molar-refractivity contribution in [3.63, 3.8) is 0 Å². The van der Waals surface area contributed by atoms with E-state index in [0.29, 0.717) is 5.13 Å². The summed E-state index contributed by atoms with van der Waals surface area (Å²) in [5.41, 5.74) is -0.658. The van der Waals surface area contributed by atoms with Crippen LogP contribution in [0.1, 0.15) is 13.8 Å². The van der Waals surface area contributed by atoms with Crippen LogP contribution in [0.4, 0.5) is 5.13 Å². The zero-order valence-corrected chi connectivity index (χ0v) is 8.60. The summed E-state index contributed by atoms with van der Waals surface area (Å²) in [6.07, 6.45) is 1.45. The third-order valence-electron chi connectivity index (χ3n) is 1.58. The molecule has 0 aliphatic heterocycles. The van der Waals surface area contributed by atoms with E-state index in [2.05, 4.69) is 20.0 Å². The number of likely N-dealkylation sites (N-methyl/N-ethyl adjacent to an activating group) is 1. The second kappa shape index (κ2) is 3.69. The van der Waals surface area contributed by atoms with Crippen LogP contribution in [-0.2, 0) is 4.79 Å². The molecule has 0 aliphatic rings. The van der Waals surface area contributed by atoms with Crippen LogP contribution in [0.5, 0.6) is 0 Å². The second-order valence-corrected chi connectivity index (χ2v) is 3.86. The highest BCUT2D eigenvalue weighted by atomic mass is 32.1. The molecule has 0 saturated carbocycles. The summed E-state index contributed by atoms with van der Waals surface area (Å²) in [4.78, 5) is 15.3. The monoisotopic (exact) mass is 200 g/mol. The number of rotatable bonds is 3. The number of hydrogen-bond acceptors (Lipinski definition) is 5. The Kier molecular flexibility index (Phi) is 2.82.